The minimum absolute atomic E-state index is 0.00957. The van der Waals surface area contributed by atoms with Crippen LogP contribution in [0.25, 0.3) is 0 Å². The Balaban J connectivity index is 1.78. The van der Waals surface area contributed by atoms with Gasteiger partial charge in [-0.15, -0.1) is 0 Å². The van der Waals surface area contributed by atoms with E-state index in [4.69, 9.17) is 0 Å². The Morgan fingerprint density at radius 3 is 2.45 bits per heavy atom. The van der Waals surface area contributed by atoms with Gasteiger partial charge in [0.2, 0.25) is 5.91 Å². The standard InChI is InChI=1S/C21H27F2N3O6S/c1-4-13(2)26(15-9-10-33(30,31)12-15)17(27)11-25-18(28)21(3,24-20(25)29)14-5-7-16(8-6-14)32-19(22)23/h5-8,13,15,19H,4,9-12H2,1-3H3,(H,24,29)/t13-,15+,21-/m0/s1. The molecule has 2 saturated heterocycles. The number of alkyl halides is 2. The maximum Gasteiger partial charge on any atom is 0.387 e. The van der Waals surface area contributed by atoms with E-state index in [2.05, 4.69) is 10.1 Å². The number of nitrogens with one attached hydrogen (secondary N) is 1. The third-order valence-electron chi connectivity index (χ3n) is 6.18. The molecule has 0 aromatic heterocycles. The van der Waals surface area contributed by atoms with E-state index in [0.717, 1.165) is 4.90 Å². The number of carbonyl (C=O) groups excluding carboxylic acids is 3. The van der Waals surface area contributed by atoms with Crippen molar-refractivity contribution in [2.45, 2.75) is 57.8 Å². The summed E-state index contributed by atoms with van der Waals surface area (Å²) in [4.78, 5) is 41.2. The second-order valence-electron chi connectivity index (χ2n) is 8.46. The summed E-state index contributed by atoms with van der Waals surface area (Å²) < 4.78 is 52.9. The number of urea groups is 1. The van der Waals surface area contributed by atoms with E-state index in [0.29, 0.717) is 18.4 Å². The van der Waals surface area contributed by atoms with Crippen LogP contribution in [0.5, 0.6) is 5.75 Å². The molecule has 1 aromatic carbocycles. The molecule has 3 atom stereocenters. The van der Waals surface area contributed by atoms with Gasteiger partial charge in [-0.05, 0) is 44.4 Å². The number of sulfone groups is 1. The predicted molar refractivity (Wildman–Crippen MR) is 114 cm³/mol. The number of nitrogens with zero attached hydrogens (tertiary/aromatic N) is 2. The van der Waals surface area contributed by atoms with Gasteiger partial charge < -0.3 is 15.0 Å². The summed E-state index contributed by atoms with van der Waals surface area (Å²) in [6.07, 6.45) is 0.885. The van der Waals surface area contributed by atoms with Crippen LogP contribution in [0.2, 0.25) is 0 Å². The largest absolute Gasteiger partial charge is 0.435 e. The van der Waals surface area contributed by atoms with E-state index < -0.39 is 52.4 Å². The first kappa shape index (κ1) is 24.9. The van der Waals surface area contributed by atoms with E-state index >= 15 is 0 Å². The molecule has 9 nitrogen and oxygen atoms in total. The third-order valence-corrected chi connectivity index (χ3v) is 7.93. The zero-order chi connectivity index (χ0) is 24.6. The quantitative estimate of drug-likeness (QED) is 0.560. The van der Waals surface area contributed by atoms with E-state index in [1.807, 2.05) is 6.92 Å². The van der Waals surface area contributed by atoms with Gasteiger partial charge in [-0.25, -0.2) is 13.2 Å². The molecular weight excluding hydrogens is 460 g/mol. The summed E-state index contributed by atoms with van der Waals surface area (Å²) in [5.74, 6) is -1.44. The van der Waals surface area contributed by atoms with E-state index in [9.17, 15) is 31.6 Å². The zero-order valence-electron chi connectivity index (χ0n) is 18.6. The lowest BCUT2D eigenvalue weighted by atomic mass is 9.92. The van der Waals surface area contributed by atoms with Gasteiger partial charge in [-0.3, -0.25) is 14.5 Å². The lowest BCUT2D eigenvalue weighted by Gasteiger charge is -2.34. The average molecular weight is 488 g/mol. The Kier molecular flexibility index (Phi) is 6.96. The monoisotopic (exact) mass is 487 g/mol. The SMILES string of the molecule is CC[C@H](C)N(C(=O)CN1C(=O)N[C@@](C)(c2ccc(OC(F)F)cc2)C1=O)[C@@H]1CCS(=O)(=O)C1. The molecule has 2 aliphatic rings. The normalized spacial score (nSPS) is 25.3. The first-order valence-electron chi connectivity index (χ1n) is 10.6. The lowest BCUT2D eigenvalue weighted by molar-refractivity contribution is -0.141. The van der Waals surface area contributed by atoms with Crippen molar-refractivity contribution < 1.29 is 36.3 Å². The van der Waals surface area contributed by atoms with Gasteiger partial charge in [0.05, 0.1) is 11.5 Å². The van der Waals surface area contributed by atoms with Crippen molar-refractivity contribution in [3.63, 3.8) is 0 Å². The molecule has 33 heavy (non-hydrogen) atoms. The second-order valence-corrected chi connectivity index (χ2v) is 10.7. The molecule has 0 spiro atoms. The lowest BCUT2D eigenvalue weighted by Crippen LogP contribution is -2.51. The van der Waals surface area contributed by atoms with Crippen LogP contribution in [-0.4, -0.2) is 72.8 Å². The summed E-state index contributed by atoms with van der Waals surface area (Å²) >= 11 is 0. The van der Waals surface area contributed by atoms with Gasteiger partial charge in [0.15, 0.2) is 9.84 Å². The smallest absolute Gasteiger partial charge is 0.387 e. The number of ether oxygens (including phenoxy) is 1. The minimum atomic E-state index is -3.24. The maximum absolute atomic E-state index is 13.2. The van der Waals surface area contributed by atoms with E-state index in [-0.39, 0.29) is 23.3 Å². The molecule has 0 radical (unpaired) electrons. The minimum Gasteiger partial charge on any atom is -0.435 e. The Hall–Kier alpha value is -2.76. The van der Waals surface area contributed by atoms with Gasteiger partial charge in [-0.1, -0.05) is 19.1 Å². The van der Waals surface area contributed by atoms with Crippen molar-refractivity contribution in [2.24, 2.45) is 0 Å². The molecule has 12 heteroatoms. The second kappa shape index (κ2) is 9.24. The molecule has 0 aliphatic carbocycles. The maximum atomic E-state index is 13.2. The molecular formula is C21H27F2N3O6S. The summed E-state index contributed by atoms with van der Waals surface area (Å²) in [5.41, 5.74) is -1.17. The van der Waals surface area contributed by atoms with Crippen molar-refractivity contribution in [3.8, 4) is 5.75 Å². The number of rotatable bonds is 8. The van der Waals surface area contributed by atoms with Crippen LogP contribution in [0.15, 0.2) is 24.3 Å². The average Bonchev–Trinajstić information content (AvgIpc) is 3.19. The Morgan fingerprint density at radius 1 is 1.30 bits per heavy atom. The van der Waals surface area contributed by atoms with Gasteiger partial charge in [-0.2, -0.15) is 8.78 Å². The molecule has 1 aromatic rings. The van der Waals surface area contributed by atoms with Gasteiger partial charge in [0, 0.05) is 12.1 Å². The van der Waals surface area contributed by atoms with Crippen LogP contribution >= 0.6 is 0 Å². The number of amides is 4. The van der Waals surface area contributed by atoms with Crippen LogP contribution in [0.1, 0.15) is 39.2 Å². The van der Waals surface area contributed by atoms with Crippen molar-refractivity contribution in [3.05, 3.63) is 29.8 Å². The van der Waals surface area contributed by atoms with Crippen LogP contribution < -0.4 is 10.1 Å². The number of halogens is 2. The van der Waals surface area contributed by atoms with Crippen molar-refractivity contribution in [1.29, 1.82) is 0 Å². The van der Waals surface area contributed by atoms with Gasteiger partial charge in [0.25, 0.3) is 5.91 Å². The fourth-order valence-electron chi connectivity index (χ4n) is 4.22. The first-order valence-corrected chi connectivity index (χ1v) is 12.4. The van der Waals surface area contributed by atoms with Crippen molar-refractivity contribution in [1.82, 2.24) is 15.1 Å². The molecule has 3 rings (SSSR count). The molecule has 2 fully saturated rings. The highest BCUT2D eigenvalue weighted by atomic mass is 32.2. The predicted octanol–water partition coefficient (Wildman–Crippen LogP) is 1.87. The number of imide groups is 1. The highest BCUT2D eigenvalue weighted by Gasteiger charge is 2.50. The van der Waals surface area contributed by atoms with Crippen molar-refractivity contribution >= 4 is 27.7 Å². The summed E-state index contributed by atoms with van der Waals surface area (Å²) in [6.45, 7) is 1.58. The fourth-order valence-corrected chi connectivity index (χ4v) is 5.93. The summed E-state index contributed by atoms with van der Waals surface area (Å²) in [7, 11) is -3.24. The highest BCUT2D eigenvalue weighted by Crippen LogP contribution is 2.31. The zero-order valence-corrected chi connectivity index (χ0v) is 19.4. The molecule has 4 amide bonds. The number of benzene rings is 1. The summed E-state index contributed by atoms with van der Waals surface area (Å²) in [6, 6.07) is 3.73. The van der Waals surface area contributed by atoms with Crippen LogP contribution in [-0.2, 0) is 25.0 Å². The summed E-state index contributed by atoms with van der Waals surface area (Å²) in [5, 5.41) is 2.56. The van der Waals surface area contributed by atoms with E-state index in [1.54, 1.807) is 6.92 Å². The molecule has 0 saturated carbocycles. The Labute approximate surface area is 191 Å². The molecule has 182 valence electrons. The molecule has 1 N–H and O–H groups in total. The van der Waals surface area contributed by atoms with Crippen LogP contribution in [0, 0.1) is 0 Å². The third kappa shape index (κ3) is 5.10. The topological polar surface area (TPSA) is 113 Å². The fraction of sp³-hybridized carbons (Fsp3) is 0.571. The van der Waals surface area contributed by atoms with E-state index in [1.165, 1.54) is 36.1 Å². The van der Waals surface area contributed by atoms with Crippen molar-refractivity contribution in [2.75, 3.05) is 18.1 Å². The molecule has 0 unspecified atom stereocenters. The number of hydrogen-bond donors (Lipinski definition) is 1. The van der Waals surface area contributed by atoms with Crippen LogP contribution in [0.4, 0.5) is 13.6 Å². The first-order chi connectivity index (χ1) is 15.4. The van der Waals surface area contributed by atoms with Gasteiger partial charge >= 0.3 is 12.6 Å². The molecule has 2 aliphatic heterocycles. The molecule has 2 heterocycles. The Morgan fingerprint density at radius 2 is 1.94 bits per heavy atom. The number of hydrogen-bond acceptors (Lipinski definition) is 6. The van der Waals surface area contributed by atoms with Crippen LogP contribution in [0.3, 0.4) is 0 Å². The Bertz CT molecular complexity index is 1030. The van der Waals surface area contributed by atoms with Gasteiger partial charge in [0.1, 0.15) is 17.8 Å². The number of carbonyl (C=O) groups is 3. The molecule has 0 bridgehead atoms. The highest BCUT2D eigenvalue weighted by molar-refractivity contribution is 7.91.